The highest BCUT2D eigenvalue weighted by atomic mass is 16.1. The second-order valence-corrected chi connectivity index (χ2v) is 6.07. The van der Waals surface area contributed by atoms with Gasteiger partial charge in [-0.3, -0.25) is 9.69 Å². The fraction of sp³-hybridized carbons (Fsp3) is 0.588. The van der Waals surface area contributed by atoms with Crippen LogP contribution in [0.4, 0.5) is 0 Å². The summed E-state index contributed by atoms with van der Waals surface area (Å²) in [6.07, 6.45) is 1.64. The Hall–Kier alpha value is -1.19. The van der Waals surface area contributed by atoms with E-state index in [1.165, 1.54) is 29.8 Å². The van der Waals surface area contributed by atoms with E-state index in [4.69, 9.17) is 0 Å². The summed E-state index contributed by atoms with van der Waals surface area (Å²) in [5.41, 5.74) is 4.89. The quantitative estimate of drug-likeness (QED) is 0.843. The molecule has 1 aliphatic carbocycles. The van der Waals surface area contributed by atoms with Crippen LogP contribution in [0.3, 0.4) is 0 Å². The van der Waals surface area contributed by atoms with E-state index in [2.05, 4.69) is 35.8 Å². The van der Waals surface area contributed by atoms with Crippen LogP contribution in [0.5, 0.6) is 0 Å². The van der Waals surface area contributed by atoms with E-state index in [1.807, 2.05) is 0 Å². The maximum Gasteiger partial charge on any atom is 0.163 e. The summed E-state index contributed by atoms with van der Waals surface area (Å²) in [5.74, 6) is 0.334. The number of hydrogen-bond acceptors (Lipinski definition) is 3. The predicted molar refractivity (Wildman–Crippen MR) is 81.2 cm³/mol. The van der Waals surface area contributed by atoms with Crippen molar-refractivity contribution in [1.82, 2.24) is 9.80 Å². The van der Waals surface area contributed by atoms with E-state index in [-0.39, 0.29) is 0 Å². The van der Waals surface area contributed by atoms with Crippen molar-refractivity contribution in [1.29, 1.82) is 0 Å². The molecule has 0 atom stereocenters. The number of likely N-dealkylation sites (N-methyl/N-ethyl adjacent to an activating group) is 1. The largest absolute Gasteiger partial charge is 0.301 e. The van der Waals surface area contributed by atoms with Crippen LogP contribution in [0.25, 0.3) is 0 Å². The smallest absolute Gasteiger partial charge is 0.163 e. The second-order valence-electron chi connectivity index (χ2n) is 6.07. The Kier molecular flexibility index (Phi) is 3.90. The summed E-state index contributed by atoms with van der Waals surface area (Å²) >= 11 is 0. The molecule has 0 spiro atoms. The number of carbonyl (C=O) groups is 1. The zero-order valence-electron chi connectivity index (χ0n) is 12.6. The zero-order valence-corrected chi connectivity index (χ0v) is 12.6. The number of Topliss-reactive ketones (excluding diaryl/α,β-unsaturated/α-hetero) is 1. The van der Waals surface area contributed by atoms with E-state index in [1.54, 1.807) is 0 Å². The topological polar surface area (TPSA) is 23.6 Å². The zero-order chi connectivity index (χ0) is 14.1. The molecule has 1 fully saturated rings. The normalized spacial score (nSPS) is 20.4. The van der Waals surface area contributed by atoms with E-state index in [0.29, 0.717) is 12.2 Å². The molecule has 3 nitrogen and oxygen atoms in total. The van der Waals surface area contributed by atoms with Crippen molar-refractivity contribution >= 4 is 5.78 Å². The van der Waals surface area contributed by atoms with Crippen LogP contribution >= 0.6 is 0 Å². The van der Waals surface area contributed by atoms with Gasteiger partial charge in [0.2, 0.25) is 0 Å². The summed E-state index contributed by atoms with van der Waals surface area (Å²) in [6, 6.07) is 4.42. The molecular weight excluding hydrogens is 248 g/mol. The molecule has 0 unspecified atom stereocenters. The molecule has 1 aliphatic heterocycles. The van der Waals surface area contributed by atoms with E-state index < -0.39 is 0 Å². The lowest BCUT2D eigenvalue weighted by atomic mass is 10.00. The van der Waals surface area contributed by atoms with Crippen LogP contribution in [0.2, 0.25) is 0 Å². The highest BCUT2D eigenvalue weighted by molar-refractivity contribution is 6.00. The Morgan fingerprint density at radius 1 is 1.05 bits per heavy atom. The first-order valence-corrected chi connectivity index (χ1v) is 7.77. The molecule has 0 aromatic heterocycles. The lowest BCUT2D eigenvalue weighted by Gasteiger charge is -2.34. The molecular formula is C17H24N2O. The summed E-state index contributed by atoms with van der Waals surface area (Å²) in [7, 11) is 0. The number of benzene rings is 1. The lowest BCUT2D eigenvalue weighted by Crippen LogP contribution is -2.45. The molecule has 1 saturated heterocycles. The van der Waals surface area contributed by atoms with Gasteiger partial charge >= 0.3 is 0 Å². The SMILES string of the molecule is CCN1CCN(Cc2cc(C)c3c(c2)C(=O)CC3)CC1. The number of aryl methyl sites for hydroxylation is 1. The Morgan fingerprint density at radius 3 is 2.45 bits per heavy atom. The number of rotatable bonds is 3. The minimum atomic E-state index is 0.334. The first-order valence-electron chi connectivity index (χ1n) is 7.77. The summed E-state index contributed by atoms with van der Waals surface area (Å²) < 4.78 is 0. The molecule has 20 heavy (non-hydrogen) atoms. The molecule has 1 aromatic carbocycles. The fourth-order valence-corrected chi connectivity index (χ4v) is 3.46. The number of fused-ring (bicyclic) bond motifs is 1. The second kappa shape index (κ2) is 5.66. The Bertz CT molecular complexity index is 516. The van der Waals surface area contributed by atoms with Crippen molar-refractivity contribution in [3.8, 4) is 0 Å². The van der Waals surface area contributed by atoms with Crippen LogP contribution in [-0.4, -0.2) is 48.3 Å². The molecule has 0 amide bonds. The van der Waals surface area contributed by atoms with Gasteiger partial charge in [-0.25, -0.2) is 0 Å². The first kappa shape index (κ1) is 13.8. The monoisotopic (exact) mass is 272 g/mol. The highest BCUT2D eigenvalue weighted by Crippen LogP contribution is 2.27. The molecule has 3 rings (SSSR count). The van der Waals surface area contributed by atoms with Gasteiger partial charge < -0.3 is 4.90 Å². The van der Waals surface area contributed by atoms with Gasteiger partial charge in [0.05, 0.1) is 0 Å². The molecule has 0 bridgehead atoms. The van der Waals surface area contributed by atoms with Crippen LogP contribution in [-0.2, 0) is 13.0 Å². The van der Waals surface area contributed by atoms with Crippen LogP contribution in [0, 0.1) is 6.92 Å². The molecule has 0 N–H and O–H groups in total. The van der Waals surface area contributed by atoms with Crippen molar-refractivity contribution in [2.24, 2.45) is 0 Å². The summed E-state index contributed by atoms with van der Waals surface area (Å²) in [4.78, 5) is 16.9. The molecule has 1 heterocycles. The van der Waals surface area contributed by atoms with Gasteiger partial charge in [-0.15, -0.1) is 0 Å². The van der Waals surface area contributed by atoms with Gasteiger partial charge in [0.15, 0.2) is 5.78 Å². The minimum Gasteiger partial charge on any atom is -0.301 e. The molecule has 3 heteroatoms. The average molecular weight is 272 g/mol. The van der Waals surface area contributed by atoms with Crippen molar-refractivity contribution in [3.63, 3.8) is 0 Å². The van der Waals surface area contributed by atoms with E-state index in [9.17, 15) is 4.79 Å². The lowest BCUT2D eigenvalue weighted by molar-refractivity contribution is 0.0994. The van der Waals surface area contributed by atoms with Crippen molar-refractivity contribution in [2.75, 3.05) is 32.7 Å². The summed E-state index contributed by atoms with van der Waals surface area (Å²) in [6.45, 7) is 11.1. The molecule has 108 valence electrons. The Balaban J connectivity index is 1.71. The molecule has 1 aromatic rings. The van der Waals surface area contributed by atoms with Gasteiger partial charge in [0, 0.05) is 44.7 Å². The van der Waals surface area contributed by atoms with Crippen molar-refractivity contribution < 1.29 is 4.79 Å². The molecule has 0 radical (unpaired) electrons. The van der Waals surface area contributed by atoms with Crippen molar-refractivity contribution in [2.45, 2.75) is 33.2 Å². The van der Waals surface area contributed by atoms with Crippen LogP contribution in [0.1, 0.15) is 40.4 Å². The molecule has 0 saturated carbocycles. The summed E-state index contributed by atoms with van der Waals surface area (Å²) in [5, 5.41) is 0. The van der Waals surface area contributed by atoms with Gasteiger partial charge in [-0.2, -0.15) is 0 Å². The Labute approximate surface area is 121 Å². The maximum absolute atomic E-state index is 11.9. The number of hydrogen-bond donors (Lipinski definition) is 0. The number of carbonyl (C=O) groups excluding carboxylic acids is 1. The van der Waals surface area contributed by atoms with E-state index >= 15 is 0 Å². The third-order valence-corrected chi connectivity index (χ3v) is 4.75. The minimum absolute atomic E-state index is 0.334. The van der Waals surface area contributed by atoms with E-state index in [0.717, 1.165) is 38.2 Å². The van der Waals surface area contributed by atoms with Gasteiger partial charge in [0.1, 0.15) is 0 Å². The average Bonchev–Trinajstić information content (AvgIpc) is 2.82. The number of ketones is 1. The molecule has 2 aliphatic rings. The fourth-order valence-electron chi connectivity index (χ4n) is 3.46. The highest BCUT2D eigenvalue weighted by Gasteiger charge is 2.22. The third kappa shape index (κ3) is 2.65. The third-order valence-electron chi connectivity index (χ3n) is 4.75. The van der Waals surface area contributed by atoms with Crippen LogP contribution < -0.4 is 0 Å². The standard InChI is InChI=1S/C17H24N2O/c1-3-18-6-8-19(9-7-18)12-14-10-13(2)15-4-5-17(20)16(15)11-14/h10-11H,3-9,12H2,1-2H3. The predicted octanol–water partition coefficient (Wildman–Crippen LogP) is 2.26. The van der Waals surface area contributed by atoms with Gasteiger partial charge in [-0.05, 0) is 42.6 Å². The first-order chi connectivity index (χ1) is 9.67. The number of nitrogens with zero attached hydrogens (tertiary/aromatic N) is 2. The Morgan fingerprint density at radius 2 is 1.75 bits per heavy atom. The number of piperazine rings is 1. The van der Waals surface area contributed by atoms with Crippen molar-refractivity contribution in [3.05, 3.63) is 34.4 Å². The van der Waals surface area contributed by atoms with Gasteiger partial charge in [-0.1, -0.05) is 13.0 Å². The maximum atomic E-state index is 11.9. The van der Waals surface area contributed by atoms with Crippen LogP contribution in [0.15, 0.2) is 12.1 Å². The van der Waals surface area contributed by atoms with Gasteiger partial charge in [0.25, 0.3) is 0 Å².